The van der Waals surface area contributed by atoms with E-state index in [9.17, 15) is 8.42 Å². The fourth-order valence-corrected chi connectivity index (χ4v) is 5.67. The molecule has 0 aromatic rings. The van der Waals surface area contributed by atoms with Crippen LogP contribution in [0.5, 0.6) is 0 Å². The van der Waals surface area contributed by atoms with Gasteiger partial charge in [-0.3, -0.25) is 0 Å². The first kappa shape index (κ1) is 16.2. The predicted octanol–water partition coefficient (Wildman–Crippen LogP) is 2.22. The van der Waals surface area contributed by atoms with E-state index in [0.717, 1.165) is 25.8 Å². The molecule has 2 atom stereocenters. The average molecular weight is 302 g/mol. The lowest BCUT2D eigenvalue weighted by Gasteiger charge is -2.37. The Morgan fingerprint density at radius 3 is 2.45 bits per heavy atom. The number of hydrogen-bond acceptors (Lipinski definition) is 3. The number of nitrogens with zero attached hydrogens (tertiary/aromatic N) is 1. The first-order valence-corrected chi connectivity index (χ1v) is 9.85. The zero-order valence-electron chi connectivity index (χ0n) is 13.0. The second-order valence-corrected chi connectivity index (χ2v) is 8.58. The van der Waals surface area contributed by atoms with Crippen LogP contribution in [0.25, 0.3) is 0 Å². The van der Waals surface area contributed by atoms with Gasteiger partial charge in [0.1, 0.15) is 0 Å². The Balaban J connectivity index is 1.90. The number of rotatable bonds is 5. The second-order valence-electron chi connectivity index (χ2n) is 6.57. The van der Waals surface area contributed by atoms with E-state index in [1.807, 2.05) is 0 Å². The third kappa shape index (κ3) is 4.18. The standard InChI is InChI=1S/C15H30N2O2S/c1-3-16-15-9-10-17(11-13(15)2)20(18,19)12-14-7-5-4-6-8-14/h13-16H,3-12H2,1-2H3. The summed E-state index contributed by atoms with van der Waals surface area (Å²) in [6.07, 6.45) is 6.84. The lowest BCUT2D eigenvalue weighted by atomic mass is 9.91. The molecule has 0 spiro atoms. The van der Waals surface area contributed by atoms with Gasteiger partial charge in [0.2, 0.25) is 10.0 Å². The maximum Gasteiger partial charge on any atom is 0.214 e. The van der Waals surface area contributed by atoms with Gasteiger partial charge in [-0.2, -0.15) is 0 Å². The van der Waals surface area contributed by atoms with Gasteiger partial charge in [0.25, 0.3) is 0 Å². The van der Waals surface area contributed by atoms with Crippen molar-refractivity contribution >= 4 is 10.0 Å². The minimum absolute atomic E-state index is 0.381. The van der Waals surface area contributed by atoms with Crippen LogP contribution >= 0.6 is 0 Å². The van der Waals surface area contributed by atoms with Crippen molar-refractivity contribution in [3.63, 3.8) is 0 Å². The van der Waals surface area contributed by atoms with E-state index in [2.05, 4.69) is 19.2 Å². The number of sulfonamides is 1. The summed E-state index contributed by atoms with van der Waals surface area (Å²) in [6, 6.07) is 0.473. The topological polar surface area (TPSA) is 49.4 Å². The molecule has 2 aliphatic rings. The third-order valence-electron chi connectivity index (χ3n) is 4.90. The number of hydrogen-bond donors (Lipinski definition) is 1. The van der Waals surface area contributed by atoms with Gasteiger partial charge in [0.05, 0.1) is 5.75 Å². The molecule has 1 aliphatic carbocycles. The monoisotopic (exact) mass is 302 g/mol. The largest absolute Gasteiger partial charge is 0.314 e. The van der Waals surface area contributed by atoms with E-state index in [0.29, 0.717) is 36.7 Å². The molecule has 1 N–H and O–H groups in total. The Bertz CT molecular complexity index is 391. The maximum atomic E-state index is 12.6. The summed E-state index contributed by atoms with van der Waals surface area (Å²) >= 11 is 0. The summed E-state index contributed by atoms with van der Waals surface area (Å²) < 4.78 is 26.9. The Hall–Kier alpha value is -0.130. The van der Waals surface area contributed by atoms with Gasteiger partial charge in [-0.25, -0.2) is 12.7 Å². The molecular weight excluding hydrogens is 272 g/mol. The van der Waals surface area contributed by atoms with E-state index in [1.54, 1.807) is 4.31 Å². The molecule has 0 amide bonds. The van der Waals surface area contributed by atoms with E-state index in [4.69, 9.17) is 0 Å². The summed E-state index contributed by atoms with van der Waals surface area (Å²) in [7, 11) is -3.05. The van der Waals surface area contributed by atoms with Crippen molar-refractivity contribution in [1.82, 2.24) is 9.62 Å². The van der Waals surface area contributed by atoms with Gasteiger partial charge < -0.3 is 5.32 Å². The summed E-state index contributed by atoms with van der Waals surface area (Å²) in [5.41, 5.74) is 0. The first-order valence-electron chi connectivity index (χ1n) is 8.24. The zero-order chi connectivity index (χ0) is 14.6. The van der Waals surface area contributed by atoms with Crippen molar-refractivity contribution < 1.29 is 8.42 Å². The molecule has 0 aromatic heterocycles. The van der Waals surface area contributed by atoms with Gasteiger partial charge in [-0.05, 0) is 37.6 Å². The molecule has 0 bridgehead atoms. The van der Waals surface area contributed by atoms with Gasteiger partial charge in [-0.1, -0.05) is 33.1 Å². The van der Waals surface area contributed by atoms with E-state index in [1.165, 1.54) is 19.3 Å². The Morgan fingerprint density at radius 1 is 1.15 bits per heavy atom. The van der Waals surface area contributed by atoms with Gasteiger partial charge in [0, 0.05) is 19.1 Å². The summed E-state index contributed by atoms with van der Waals surface area (Å²) in [5.74, 6) is 1.19. The van der Waals surface area contributed by atoms with Crippen molar-refractivity contribution in [3.8, 4) is 0 Å². The highest BCUT2D eigenvalue weighted by Crippen LogP contribution is 2.27. The Labute approximate surface area is 124 Å². The molecule has 0 radical (unpaired) electrons. The maximum absolute atomic E-state index is 12.6. The highest BCUT2D eigenvalue weighted by Gasteiger charge is 2.33. The highest BCUT2D eigenvalue weighted by atomic mass is 32.2. The molecule has 1 heterocycles. The molecule has 2 fully saturated rings. The normalized spacial score (nSPS) is 30.5. The fourth-order valence-electron chi connectivity index (χ4n) is 3.68. The molecule has 4 nitrogen and oxygen atoms in total. The molecule has 1 saturated heterocycles. The lowest BCUT2D eigenvalue weighted by Crippen LogP contribution is -2.50. The fraction of sp³-hybridized carbons (Fsp3) is 1.00. The van der Waals surface area contributed by atoms with Crippen LogP contribution in [0.2, 0.25) is 0 Å². The van der Waals surface area contributed by atoms with Crippen molar-refractivity contribution in [2.45, 2.75) is 58.4 Å². The quantitative estimate of drug-likeness (QED) is 0.847. The smallest absolute Gasteiger partial charge is 0.214 e. The van der Waals surface area contributed by atoms with Crippen LogP contribution < -0.4 is 5.32 Å². The van der Waals surface area contributed by atoms with Crippen molar-refractivity contribution in [3.05, 3.63) is 0 Å². The molecule has 2 rings (SSSR count). The van der Waals surface area contributed by atoms with Gasteiger partial charge >= 0.3 is 0 Å². The van der Waals surface area contributed by atoms with E-state index >= 15 is 0 Å². The molecule has 0 aromatic carbocycles. The van der Waals surface area contributed by atoms with E-state index in [-0.39, 0.29) is 0 Å². The highest BCUT2D eigenvalue weighted by molar-refractivity contribution is 7.89. The number of nitrogens with one attached hydrogen (secondary N) is 1. The molecule has 118 valence electrons. The van der Waals surface area contributed by atoms with Gasteiger partial charge in [-0.15, -0.1) is 0 Å². The van der Waals surface area contributed by atoms with Crippen LogP contribution in [0.3, 0.4) is 0 Å². The van der Waals surface area contributed by atoms with Crippen molar-refractivity contribution in [1.29, 1.82) is 0 Å². The number of piperidine rings is 1. The van der Waals surface area contributed by atoms with Crippen LogP contribution in [0.1, 0.15) is 52.4 Å². The second kappa shape index (κ2) is 7.23. The van der Waals surface area contributed by atoms with Crippen LogP contribution in [-0.2, 0) is 10.0 Å². The molecule has 1 aliphatic heterocycles. The lowest BCUT2D eigenvalue weighted by molar-refractivity contribution is 0.221. The van der Waals surface area contributed by atoms with Crippen molar-refractivity contribution in [2.75, 3.05) is 25.4 Å². The Kier molecular flexibility index (Phi) is 5.87. The predicted molar refractivity (Wildman–Crippen MR) is 83.2 cm³/mol. The van der Waals surface area contributed by atoms with Crippen LogP contribution in [0.4, 0.5) is 0 Å². The van der Waals surface area contributed by atoms with Crippen LogP contribution in [0, 0.1) is 11.8 Å². The summed E-state index contributed by atoms with van der Waals surface area (Å²) in [5, 5.41) is 3.47. The molecule has 2 unspecified atom stereocenters. The molecule has 5 heteroatoms. The summed E-state index contributed by atoms with van der Waals surface area (Å²) in [6.45, 7) is 6.61. The summed E-state index contributed by atoms with van der Waals surface area (Å²) in [4.78, 5) is 0. The van der Waals surface area contributed by atoms with Gasteiger partial charge in [0.15, 0.2) is 0 Å². The zero-order valence-corrected chi connectivity index (χ0v) is 13.8. The minimum Gasteiger partial charge on any atom is -0.314 e. The average Bonchev–Trinajstić information content (AvgIpc) is 2.42. The third-order valence-corrected chi connectivity index (χ3v) is 6.91. The van der Waals surface area contributed by atoms with Crippen LogP contribution in [-0.4, -0.2) is 44.2 Å². The molecule has 1 saturated carbocycles. The Morgan fingerprint density at radius 2 is 1.85 bits per heavy atom. The van der Waals surface area contributed by atoms with Crippen molar-refractivity contribution in [2.24, 2.45) is 11.8 Å². The first-order chi connectivity index (χ1) is 9.53. The SMILES string of the molecule is CCNC1CCN(S(=O)(=O)CC2CCCCC2)CC1C. The van der Waals surface area contributed by atoms with E-state index < -0.39 is 10.0 Å². The molecular formula is C15H30N2O2S. The molecule has 20 heavy (non-hydrogen) atoms. The minimum atomic E-state index is -3.05. The van der Waals surface area contributed by atoms with Crippen LogP contribution in [0.15, 0.2) is 0 Å².